The van der Waals surface area contributed by atoms with Crippen LogP contribution in [0.3, 0.4) is 0 Å². The lowest BCUT2D eigenvalue weighted by Crippen LogP contribution is -2.13. The van der Waals surface area contributed by atoms with Crippen LogP contribution in [0.25, 0.3) is 0 Å². The number of halogens is 1. The maximum atomic E-state index is 12.5. The van der Waals surface area contributed by atoms with Gasteiger partial charge in [-0.25, -0.2) is 0 Å². The van der Waals surface area contributed by atoms with E-state index >= 15 is 0 Å². The van der Waals surface area contributed by atoms with E-state index in [4.69, 9.17) is 0 Å². The van der Waals surface area contributed by atoms with Crippen LogP contribution in [0.2, 0.25) is 0 Å². The van der Waals surface area contributed by atoms with Gasteiger partial charge in [0.15, 0.2) is 0 Å². The molecule has 2 N–H and O–H groups in total. The number of aromatic nitrogens is 2. The van der Waals surface area contributed by atoms with Crippen molar-refractivity contribution >= 4 is 54.0 Å². The van der Waals surface area contributed by atoms with Gasteiger partial charge in [-0.1, -0.05) is 45.5 Å². The molecule has 27 heavy (non-hydrogen) atoms. The van der Waals surface area contributed by atoms with E-state index in [1.807, 2.05) is 26.0 Å². The summed E-state index contributed by atoms with van der Waals surface area (Å²) in [7, 11) is -3.90. The number of sulfonamides is 1. The van der Waals surface area contributed by atoms with Gasteiger partial charge in [0, 0.05) is 15.7 Å². The average Bonchev–Trinajstić information content (AvgIpc) is 3.08. The van der Waals surface area contributed by atoms with Crippen molar-refractivity contribution in [3.05, 3.63) is 63.6 Å². The highest BCUT2D eigenvalue weighted by molar-refractivity contribution is 9.10. The summed E-state index contributed by atoms with van der Waals surface area (Å²) < 4.78 is 28.1. The lowest BCUT2D eigenvalue weighted by molar-refractivity contribution is 0.102. The van der Waals surface area contributed by atoms with Crippen molar-refractivity contribution in [1.29, 1.82) is 0 Å². The van der Waals surface area contributed by atoms with E-state index in [0.717, 1.165) is 26.9 Å². The van der Waals surface area contributed by atoms with E-state index in [2.05, 4.69) is 36.2 Å². The lowest BCUT2D eigenvalue weighted by atomic mass is 10.1. The summed E-state index contributed by atoms with van der Waals surface area (Å²) >= 11 is 4.15. The van der Waals surface area contributed by atoms with Gasteiger partial charge >= 0.3 is 0 Å². The molecule has 0 aliphatic carbocycles. The first-order valence-electron chi connectivity index (χ1n) is 7.76. The molecule has 1 aromatic heterocycles. The number of aryl methyl sites for hydroxylation is 2. The van der Waals surface area contributed by atoms with Crippen molar-refractivity contribution in [3.8, 4) is 0 Å². The molecule has 0 bridgehead atoms. The number of anilines is 2. The highest BCUT2D eigenvalue weighted by Gasteiger charge is 2.22. The second-order valence-corrected chi connectivity index (χ2v) is 9.40. The van der Waals surface area contributed by atoms with Crippen LogP contribution in [0, 0.1) is 13.8 Å². The van der Waals surface area contributed by atoms with E-state index < -0.39 is 10.0 Å². The van der Waals surface area contributed by atoms with Gasteiger partial charge in [-0.3, -0.25) is 14.8 Å². The molecule has 1 heterocycles. The third-order valence-electron chi connectivity index (χ3n) is 3.66. The topological polar surface area (TPSA) is 101 Å². The molecule has 10 heteroatoms. The second-order valence-electron chi connectivity index (χ2n) is 5.71. The van der Waals surface area contributed by atoms with Crippen LogP contribution in [0.15, 0.2) is 51.3 Å². The normalized spacial score (nSPS) is 11.2. The minimum absolute atomic E-state index is 0.107. The van der Waals surface area contributed by atoms with Crippen LogP contribution in [0.5, 0.6) is 0 Å². The molecular formula is C17H15BrN4O3S2. The number of nitrogens with one attached hydrogen (secondary N) is 2. The minimum Gasteiger partial charge on any atom is -0.296 e. The summed E-state index contributed by atoms with van der Waals surface area (Å²) in [5.41, 5.74) is 2.59. The quantitative estimate of drug-likeness (QED) is 0.553. The van der Waals surface area contributed by atoms with Gasteiger partial charge in [-0.05, 0) is 49.2 Å². The minimum atomic E-state index is -3.90. The molecule has 0 aliphatic rings. The zero-order valence-electron chi connectivity index (χ0n) is 14.4. The molecule has 3 rings (SSSR count). The molecule has 0 saturated carbocycles. The van der Waals surface area contributed by atoms with Crippen LogP contribution < -0.4 is 10.0 Å². The van der Waals surface area contributed by atoms with Crippen molar-refractivity contribution in [1.82, 2.24) is 10.2 Å². The zero-order chi connectivity index (χ0) is 19.6. The van der Waals surface area contributed by atoms with Gasteiger partial charge in [-0.2, -0.15) is 8.42 Å². The summed E-state index contributed by atoms with van der Waals surface area (Å²) in [6.45, 7) is 3.67. The van der Waals surface area contributed by atoms with Crippen LogP contribution in [0.1, 0.15) is 21.5 Å². The summed E-state index contributed by atoms with van der Waals surface area (Å²) in [6, 6.07) is 12.2. The summed E-state index contributed by atoms with van der Waals surface area (Å²) in [4.78, 5) is 12.3. The largest absolute Gasteiger partial charge is 0.296 e. The van der Waals surface area contributed by atoms with Crippen molar-refractivity contribution in [3.63, 3.8) is 0 Å². The number of carbonyl (C=O) groups is 1. The number of nitrogens with zero attached hydrogens (tertiary/aromatic N) is 2. The number of rotatable bonds is 5. The second kappa shape index (κ2) is 7.75. The Labute approximate surface area is 169 Å². The summed E-state index contributed by atoms with van der Waals surface area (Å²) in [5, 5.41) is 10.1. The van der Waals surface area contributed by atoms with E-state index in [0.29, 0.717) is 11.3 Å². The van der Waals surface area contributed by atoms with Gasteiger partial charge in [0.2, 0.25) is 5.13 Å². The van der Waals surface area contributed by atoms with Gasteiger partial charge in [-0.15, -0.1) is 10.2 Å². The Kier molecular flexibility index (Phi) is 5.59. The molecule has 140 valence electrons. The molecule has 0 aliphatic heterocycles. The molecular weight excluding hydrogens is 452 g/mol. The smallest absolute Gasteiger partial charge is 0.291 e. The van der Waals surface area contributed by atoms with Crippen molar-refractivity contribution in [2.45, 2.75) is 18.2 Å². The number of hydrogen-bond donors (Lipinski definition) is 2. The molecule has 0 unspecified atom stereocenters. The van der Waals surface area contributed by atoms with E-state index in [1.54, 1.807) is 30.3 Å². The van der Waals surface area contributed by atoms with E-state index in [1.165, 1.54) is 0 Å². The molecule has 0 saturated heterocycles. The standard InChI is InChI=1S/C17H15BrN4O3S2/c1-10-5-3-4-6-13(10)15(23)19-16-20-21-17(26-16)27(24,25)22-12-7-8-14(18)11(2)9-12/h3-9,22H,1-2H3,(H,19,20,23). The molecule has 0 radical (unpaired) electrons. The third kappa shape index (κ3) is 4.52. The highest BCUT2D eigenvalue weighted by Crippen LogP contribution is 2.25. The van der Waals surface area contributed by atoms with E-state index in [9.17, 15) is 13.2 Å². The Morgan fingerprint density at radius 2 is 1.81 bits per heavy atom. The molecule has 2 aromatic carbocycles. The molecule has 3 aromatic rings. The SMILES string of the molecule is Cc1cc(NS(=O)(=O)c2nnc(NC(=O)c3ccccc3C)s2)ccc1Br. The van der Waals surface area contributed by atoms with Crippen molar-refractivity contribution in [2.75, 3.05) is 10.0 Å². The zero-order valence-corrected chi connectivity index (χ0v) is 17.6. The Morgan fingerprint density at radius 1 is 1.07 bits per heavy atom. The summed E-state index contributed by atoms with van der Waals surface area (Å²) in [5.74, 6) is -0.371. The number of benzene rings is 2. The fraction of sp³-hybridized carbons (Fsp3) is 0.118. The average molecular weight is 467 g/mol. The Balaban J connectivity index is 1.77. The first-order chi connectivity index (χ1) is 12.8. The Morgan fingerprint density at radius 3 is 2.52 bits per heavy atom. The van der Waals surface area contributed by atoms with Crippen LogP contribution in [0.4, 0.5) is 10.8 Å². The molecule has 0 atom stereocenters. The Hall–Kier alpha value is -2.30. The third-order valence-corrected chi connectivity index (χ3v) is 7.13. The number of carbonyl (C=O) groups excluding carboxylic acids is 1. The van der Waals surface area contributed by atoms with E-state index in [-0.39, 0.29) is 15.4 Å². The molecule has 0 spiro atoms. The monoisotopic (exact) mass is 466 g/mol. The van der Waals surface area contributed by atoms with Crippen LogP contribution in [-0.2, 0) is 10.0 Å². The van der Waals surface area contributed by atoms with Gasteiger partial charge in [0.25, 0.3) is 20.3 Å². The highest BCUT2D eigenvalue weighted by atomic mass is 79.9. The van der Waals surface area contributed by atoms with Crippen LogP contribution in [-0.4, -0.2) is 24.5 Å². The number of amides is 1. The number of hydrogen-bond acceptors (Lipinski definition) is 6. The van der Waals surface area contributed by atoms with Crippen LogP contribution >= 0.6 is 27.3 Å². The molecule has 1 amide bonds. The Bertz CT molecular complexity index is 1110. The van der Waals surface area contributed by atoms with Crippen molar-refractivity contribution < 1.29 is 13.2 Å². The van der Waals surface area contributed by atoms with Gasteiger partial charge in [0.05, 0.1) is 0 Å². The summed E-state index contributed by atoms with van der Waals surface area (Å²) in [6.07, 6.45) is 0. The maximum absolute atomic E-state index is 12.5. The first-order valence-corrected chi connectivity index (χ1v) is 10.8. The van der Waals surface area contributed by atoms with Crippen molar-refractivity contribution in [2.24, 2.45) is 0 Å². The predicted octanol–water partition coefficient (Wildman–Crippen LogP) is 3.97. The van der Waals surface area contributed by atoms with Gasteiger partial charge < -0.3 is 0 Å². The first kappa shape index (κ1) is 19.5. The van der Waals surface area contributed by atoms with Gasteiger partial charge in [0.1, 0.15) is 0 Å². The predicted molar refractivity (Wildman–Crippen MR) is 109 cm³/mol. The molecule has 7 nitrogen and oxygen atoms in total. The maximum Gasteiger partial charge on any atom is 0.291 e. The lowest BCUT2D eigenvalue weighted by Gasteiger charge is -2.07. The molecule has 0 fully saturated rings. The fourth-order valence-electron chi connectivity index (χ4n) is 2.27. The fourth-order valence-corrected chi connectivity index (χ4v) is 4.46.